The molecule has 4 aromatic rings. The van der Waals surface area contributed by atoms with Crippen molar-refractivity contribution in [2.75, 3.05) is 0 Å². The summed E-state index contributed by atoms with van der Waals surface area (Å²) in [5.41, 5.74) is 3.82. The maximum Gasteiger partial charge on any atom is 0.226 e. The number of carbonyl (C=O) groups excluding carboxylic acids is 1. The summed E-state index contributed by atoms with van der Waals surface area (Å²) < 4.78 is 16.5. The van der Waals surface area contributed by atoms with E-state index in [2.05, 4.69) is 11.1 Å². The van der Waals surface area contributed by atoms with Crippen LogP contribution in [0.2, 0.25) is 10.0 Å². The average Bonchev–Trinajstić information content (AvgIpc) is 3.42. The summed E-state index contributed by atoms with van der Waals surface area (Å²) >= 11 is 12.8. The first kappa shape index (κ1) is 25.8. The fourth-order valence-corrected chi connectivity index (χ4v) is 7.38. The molecular weight excluding hydrogens is 550 g/mol. The number of likely N-dealkylation sites (tertiary alicyclic amines) is 1. The number of hydrogen-bond acceptors (Lipinski definition) is 4. The van der Waals surface area contributed by atoms with Gasteiger partial charge in [-0.05, 0) is 62.8 Å². The average molecular weight is 577 g/mol. The van der Waals surface area contributed by atoms with Crippen molar-refractivity contribution in [1.82, 2.24) is 14.9 Å². The number of rotatable bonds is 5. The normalized spacial score (nSPS) is 23.9. The van der Waals surface area contributed by atoms with E-state index in [4.69, 9.17) is 28.2 Å². The number of aliphatic hydroxyl groups excluding tert-OH is 1. The maximum atomic E-state index is 16.5. The molecule has 40 heavy (non-hydrogen) atoms. The molecule has 4 unspecified atom stereocenters. The van der Waals surface area contributed by atoms with Crippen molar-refractivity contribution in [3.05, 3.63) is 63.1 Å². The quantitative estimate of drug-likeness (QED) is 0.267. The Balaban J connectivity index is 1.43. The number of amides is 1. The summed E-state index contributed by atoms with van der Waals surface area (Å²) in [6.07, 6.45) is 3.32. The third kappa shape index (κ3) is 3.84. The van der Waals surface area contributed by atoms with Crippen LogP contribution in [-0.4, -0.2) is 38.0 Å². The molecule has 2 saturated carbocycles. The third-order valence-electron chi connectivity index (χ3n) is 8.98. The Hall–Kier alpha value is -3.18. The Kier molecular flexibility index (Phi) is 6.08. The van der Waals surface area contributed by atoms with Gasteiger partial charge in [0.2, 0.25) is 5.91 Å². The largest absolute Gasteiger partial charge is 0.393 e. The van der Waals surface area contributed by atoms with Crippen LogP contribution in [0.25, 0.3) is 32.9 Å². The second-order valence-corrected chi connectivity index (χ2v) is 12.2. The molecule has 3 heterocycles. The van der Waals surface area contributed by atoms with Gasteiger partial charge in [0.1, 0.15) is 5.52 Å². The highest BCUT2D eigenvalue weighted by Gasteiger charge is 2.55. The number of halogens is 3. The lowest BCUT2D eigenvalue weighted by Crippen LogP contribution is -2.44. The molecule has 1 amide bonds. The summed E-state index contributed by atoms with van der Waals surface area (Å²) in [5.74, 6) is -0.298. The maximum absolute atomic E-state index is 16.5. The van der Waals surface area contributed by atoms with Crippen LogP contribution in [-0.2, 0) is 11.2 Å². The monoisotopic (exact) mass is 576 g/mol. The van der Waals surface area contributed by atoms with Crippen LogP contribution in [0.1, 0.15) is 55.1 Å². The van der Waals surface area contributed by atoms with E-state index in [0.717, 1.165) is 35.9 Å². The predicted octanol–water partition coefficient (Wildman–Crippen LogP) is 7.03. The zero-order chi connectivity index (χ0) is 27.9. The lowest BCUT2D eigenvalue weighted by molar-refractivity contribution is -0.139. The second-order valence-electron chi connectivity index (χ2n) is 11.4. The number of benzene rings is 2. The molecule has 3 fully saturated rings. The van der Waals surface area contributed by atoms with Crippen molar-refractivity contribution in [2.45, 2.75) is 63.6 Å². The number of nitrogens with one attached hydrogen (secondary N) is 1. The molecule has 204 valence electrons. The van der Waals surface area contributed by atoms with Crippen molar-refractivity contribution in [2.24, 2.45) is 11.8 Å². The standard InChI is InChI=1S/C31H27Cl2FN4O2/c1-14-19-13-23(30-20-11-17(12-24(20)39)38(30)31(40)15-7-8-15)37-28(19)21-10-16(4-3-9-35)25(27(34)29(21)36-14)18-5-2-6-22(32)26(18)33/h2,5-6,10,13,15,17,20,24,30,37,39H,3-4,7-8,11-12H2,1H3. The molecule has 6 nitrogen and oxygen atoms in total. The van der Waals surface area contributed by atoms with E-state index in [9.17, 15) is 15.2 Å². The number of aromatic amines is 1. The first-order valence-electron chi connectivity index (χ1n) is 13.7. The van der Waals surface area contributed by atoms with E-state index < -0.39 is 11.9 Å². The SMILES string of the molecule is Cc1nc2c(F)c(-c3cccc(Cl)c3Cl)c(CCC#N)cc2c2[nH]c(C3C4CC(CC4O)N3C(=O)C3CC3)cc12. The lowest BCUT2D eigenvalue weighted by Gasteiger charge is -2.37. The molecule has 2 aromatic carbocycles. The summed E-state index contributed by atoms with van der Waals surface area (Å²) in [7, 11) is 0. The van der Waals surface area contributed by atoms with Crippen LogP contribution in [0.15, 0.2) is 30.3 Å². The second kappa shape index (κ2) is 9.44. The van der Waals surface area contributed by atoms with Crippen LogP contribution < -0.4 is 0 Å². The van der Waals surface area contributed by atoms with Crippen LogP contribution in [0.3, 0.4) is 0 Å². The van der Waals surface area contributed by atoms with Crippen molar-refractivity contribution in [3.63, 3.8) is 0 Å². The molecule has 3 aliphatic rings. The number of hydrogen-bond donors (Lipinski definition) is 2. The lowest BCUT2D eigenvalue weighted by atomic mass is 9.92. The zero-order valence-corrected chi connectivity index (χ0v) is 23.4. The number of nitriles is 1. The summed E-state index contributed by atoms with van der Waals surface area (Å²) in [6.45, 7) is 1.84. The van der Waals surface area contributed by atoms with Gasteiger partial charge in [-0.25, -0.2) is 9.37 Å². The molecule has 1 aliphatic heterocycles. The molecule has 7 rings (SSSR count). The van der Waals surface area contributed by atoms with Crippen LogP contribution in [0.4, 0.5) is 4.39 Å². The molecular formula is C31H27Cl2FN4O2. The van der Waals surface area contributed by atoms with Crippen LogP contribution in [0.5, 0.6) is 0 Å². The molecule has 1 saturated heterocycles. The topological polar surface area (TPSA) is 93.0 Å². The van der Waals surface area contributed by atoms with E-state index in [1.54, 1.807) is 18.2 Å². The highest BCUT2D eigenvalue weighted by atomic mass is 35.5. The number of piperidine rings is 1. The summed E-state index contributed by atoms with van der Waals surface area (Å²) in [6, 6.07) is 10.9. The van der Waals surface area contributed by atoms with Crippen molar-refractivity contribution >= 4 is 50.9 Å². The Bertz CT molecular complexity index is 1760. The third-order valence-corrected chi connectivity index (χ3v) is 9.80. The fraction of sp³-hybridized carbons (Fsp3) is 0.387. The zero-order valence-electron chi connectivity index (χ0n) is 21.8. The predicted molar refractivity (Wildman–Crippen MR) is 153 cm³/mol. The van der Waals surface area contributed by atoms with E-state index in [1.165, 1.54) is 0 Å². The smallest absolute Gasteiger partial charge is 0.226 e. The number of aryl methyl sites for hydroxylation is 2. The van der Waals surface area contributed by atoms with Gasteiger partial charge in [0, 0.05) is 57.6 Å². The Labute approximate surface area is 240 Å². The van der Waals surface area contributed by atoms with E-state index in [0.29, 0.717) is 45.6 Å². The number of H-pyrrole nitrogens is 1. The molecule has 0 spiro atoms. The first-order valence-corrected chi connectivity index (χ1v) is 14.5. The number of pyridine rings is 1. The Morgan fingerprint density at radius 2 is 2.05 bits per heavy atom. The van der Waals surface area contributed by atoms with Crippen molar-refractivity contribution < 1.29 is 14.3 Å². The summed E-state index contributed by atoms with van der Waals surface area (Å²) in [4.78, 5) is 23.6. The van der Waals surface area contributed by atoms with Crippen LogP contribution >= 0.6 is 23.2 Å². The van der Waals surface area contributed by atoms with Crippen molar-refractivity contribution in [3.8, 4) is 17.2 Å². The number of aliphatic hydroxyl groups is 1. The van der Waals surface area contributed by atoms with Gasteiger partial charge in [-0.2, -0.15) is 5.26 Å². The minimum atomic E-state index is -0.517. The highest BCUT2D eigenvalue weighted by Crippen LogP contribution is 2.53. The molecule has 2 N–H and O–H groups in total. The first-order chi connectivity index (χ1) is 19.3. The van der Waals surface area contributed by atoms with Crippen LogP contribution in [0, 0.1) is 35.9 Å². The fourth-order valence-electron chi connectivity index (χ4n) is 6.99. The van der Waals surface area contributed by atoms with Gasteiger partial charge in [-0.3, -0.25) is 4.79 Å². The van der Waals surface area contributed by atoms with E-state index in [1.807, 2.05) is 24.0 Å². The number of fused-ring (bicyclic) bond motifs is 5. The van der Waals surface area contributed by atoms with Gasteiger partial charge in [-0.1, -0.05) is 35.3 Å². The summed E-state index contributed by atoms with van der Waals surface area (Å²) in [5, 5.41) is 22.1. The number of nitrogens with zero attached hydrogens (tertiary/aromatic N) is 3. The van der Waals surface area contributed by atoms with Gasteiger partial charge in [0.25, 0.3) is 0 Å². The van der Waals surface area contributed by atoms with E-state index >= 15 is 4.39 Å². The molecule has 4 atom stereocenters. The van der Waals surface area contributed by atoms with Crippen molar-refractivity contribution in [1.29, 1.82) is 5.26 Å². The van der Waals surface area contributed by atoms with Gasteiger partial charge >= 0.3 is 0 Å². The molecule has 9 heteroatoms. The minimum Gasteiger partial charge on any atom is -0.393 e. The Morgan fingerprint density at radius 3 is 2.80 bits per heavy atom. The Morgan fingerprint density at radius 1 is 1.25 bits per heavy atom. The molecule has 2 aromatic heterocycles. The number of carbonyl (C=O) groups is 1. The highest BCUT2D eigenvalue weighted by molar-refractivity contribution is 6.43. The van der Waals surface area contributed by atoms with Gasteiger partial charge in [-0.15, -0.1) is 0 Å². The molecule has 2 bridgehead atoms. The molecule has 0 radical (unpaired) electrons. The minimum absolute atomic E-state index is 0.0419. The van der Waals surface area contributed by atoms with Gasteiger partial charge in [0.05, 0.1) is 33.8 Å². The van der Waals surface area contributed by atoms with E-state index in [-0.39, 0.29) is 46.8 Å². The van der Waals surface area contributed by atoms with Gasteiger partial charge < -0.3 is 15.0 Å². The number of aromatic nitrogens is 2. The van der Waals surface area contributed by atoms with Gasteiger partial charge in [0.15, 0.2) is 5.82 Å². The molecule has 2 aliphatic carbocycles.